The van der Waals surface area contributed by atoms with Gasteiger partial charge in [0, 0.05) is 5.92 Å². The Morgan fingerprint density at radius 1 is 0.769 bits per heavy atom. The van der Waals surface area contributed by atoms with Gasteiger partial charge < -0.3 is 14.6 Å². The zero-order valence-electron chi connectivity index (χ0n) is 21.3. The van der Waals surface area contributed by atoms with E-state index < -0.39 is 40.9 Å². The lowest BCUT2D eigenvalue weighted by Crippen LogP contribution is -2.47. The molecule has 3 atom stereocenters. The second-order valence-corrected chi connectivity index (χ2v) is 9.43. The molecule has 0 fully saturated rings. The predicted octanol–water partition coefficient (Wildman–Crippen LogP) is 5.68. The topological polar surface area (TPSA) is 120 Å². The van der Waals surface area contributed by atoms with Crippen molar-refractivity contribution in [3.05, 3.63) is 107 Å². The quantitative estimate of drug-likeness (QED) is 0.346. The van der Waals surface area contributed by atoms with Crippen molar-refractivity contribution in [1.82, 2.24) is 0 Å². The standard InChI is InChI=1S/C32H24N2O5/c1-38-30(36)25-27(23-15-7-11-19-9-3-5-13-21(19)23)32(17-33,18-34)28(26(29(25)35)31(37)39-2)24-16-8-12-20-10-4-6-14-22(20)24/h3-16,25,27-28,35H,1-2H3/t25-,27-,28+/m0/s1. The molecule has 0 saturated carbocycles. The van der Waals surface area contributed by atoms with E-state index in [9.17, 15) is 25.2 Å². The summed E-state index contributed by atoms with van der Waals surface area (Å²) in [5, 5.41) is 36.6. The largest absolute Gasteiger partial charge is 0.511 e. The van der Waals surface area contributed by atoms with Gasteiger partial charge in [0.05, 0.1) is 37.8 Å². The molecule has 0 aliphatic heterocycles. The average molecular weight is 517 g/mol. The Morgan fingerprint density at radius 3 is 1.82 bits per heavy atom. The molecule has 5 rings (SSSR count). The Kier molecular flexibility index (Phi) is 6.52. The Hall–Kier alpha value is -5.14. The summed E-state index contributed by atoms with van der Waals surface area (Å²) in [6.07, 6.45) is 0. The molecule has 0 saturated heterocycles. The van der Waals surface area contributed by atoms with Gasteiger partial charge in [0.25, 0.3) is 0 Å². The zero-order chi connectivity index (χ0) is 27.7. The lowest BCUT2D eigenvalue weighted by Gasteiger charge is -2.44. The SMILES string of the molecule is COC(=O)C1=C(O)[C@@H](C(=O)OC)[C@H](c2cccc3ccccc23)C(C#N)(C#N)[C@@H]1c1cccc2ccccc12. The van der Waals surface area contributed by atoms with Crippen LogP contribution in [0.3, 0.4) is 0 Å². The van der Waals surface area contributed by atoms with E-state index in [1.165, 1.54) is 0 Å². The van der Waals surface area contributed by atoms with Crippen molar-refractivity contribution in [3.63, 3.8) is 0 Å². The van der Waals surface area contributed by atoms with Crippen LogP contribution in [0, 0.1) is 34.0 Å². The Morgan fingerprint density at radius 2 is 1.28 bits per heavy atom. The fourth-order valence-electron chi connectivity index (χ4n) is 5.99. The van der Waals surface area contributed by atoms with Gasteiger partial charge in [-0.3, -0.25) is 4.79 Å². The van der Waals surface area contributed by atoms with E-state index in [1.54, 1.807) is 24.3 Å². The zero-order valence-corrected chi connectivity index (χ0v) is 21.3. The van der Waals surface area contributed by atoms with Crippen LogP contribution in [0.25, 0.3) is 21.5 Å². The molecular weight excluding hydrogens is 492 g/mol. The summed E-state index contributed by atoms with van der Waals surface area (Å²) in [4.78, 5) is 26.7. The molecule has 7 heteroatoms. The summed E-state index contributed by atoms with van der Waals surface area (Å²) >= 11 is 0. The molecule has 7 nitrogen and oxygen atoms in total. The summed E-state index contributed by atoms with van der Waals surface area (Å²) in [6.45, 7) is 0. The highest BCUT2D eigenvalue weighted by Crippen LogP contribution is 2.60. The van der Waals surface area contributed by atoms with E-state index in [-0.39, 0.29) is 5.57 Å². The Bertz CT molecular complexity index is 1720. The first-order valence-corrected chi connectivity index (χ1v) is 12.3. The number of methoxy groups -OCH3 is 2. The highest BCUT2D eigenvalue weighted by atomic mass is 16.5. The van der Waals surface area contributed by atoms with Crippen molar-refractivity contribution in [3.8, 4) is 12.1 Å². The van der Waals surface area contributed by atoms with Gasteiger partial charge in [-0.05, 0) is 32.7 Å². The number of esters is 2. The number of fused-ring (bicyclic) bond motifs is 2. The third-order valence-corrected chi connectivity index (χ3v) is 7.66. The van der Waals surface area contributed by atoms with Gasteiger partial charge >= 0.3 is 11.9 Å². The van der Waals surface area contributed by atoms with Gasteiger partial charge in [0.2, 0.25) is 0 Å². The second kappa shape index (κ2) is 9.96. The minimum Gasteiger partial charge on any atom is -0.511 e. The fraction of sp³-hybridized carbons (Fsp3) is 0.188. The van der Waals surface area contributed by atoms with Gasteiger partial charge in [-0.2, -0.15) is 10.5 Å². The molecule has 1 aliphatic carbocycles. The molecule has 0 unspecified atom stereocenters. The third kappa shape index (κ3) is 3.79. The number of hydrogen-bond acceptors (Lipinski definition) is 7. The number of carbonyl (C=O) groups excluding carboxylic acids is 2. The lowest BCUT2D eigenvalue weighted by molar-refractivity contribution is -0.147. The lowest BCUT2D eigenvalue weighted by atomic mass is 9.53. The molecule has 1 aliphatic rings. The van der Waals surface area contributed by atoms with Crippen molar-refractivity contribution in [2.45, 2.75) is 11.8 Å². The molecule has 1 N–H and O–H groups in total. The summed E-state index contributed by atoms with van der Waals surface area (Å²) in [7, 11) is 2.30. The van der Waals surface area contributed by atoms with E-state index in [2.05, 4.69) is 12.1 Å². The number of ether oxygens (including phenoxy) is 2. The first-order chi connectivity index (χ1) is 18.9. The number of carbonyl (C=O) groups is 2. The van der Waals surface area contributed by atoms with Crippen molar-refractivity contribution in [2.24, 2.45) is 11.3 Å². The Labute approximate surface area is 225 Å². The minimum absolute atomic E-state index is 0.316. The molecule has 39 heavy (non-hydrogen) atoms. The van der Waals surface area contributed by atoms with E-state index in [1.807, 2.05) is 60.7 Å². The molecule has 0 aromatic heterocycles. The van der Waals surface area contributed by atoms with Crippen LogP contribution < -0.4 is 0 Å². The molecule has 0 spiro atoms. The molecule has 0 amide bonds. The fourth-order valence-corrected chi connectivity index (χ4v) is 5.99. The minimum atomic E-state index is -2.02. The van der Waals surface area contributed by atoms with E-state index >= 15 is 0 Å². The van der Waals surface area contributed by atoms with Crippen LogP contribution in [0.2, 0.25) is 0 Å². The van der Waals surface area contributed by atoms with Crippen LogP contribution in [-0.2, 0) is 19.1 Å². The summed E-state index contributed by atoms with van der Waals surface area (Å²) < 4.78 is 10.1. The van der Waals surface area contributed by atoms with Gasteiger partial charge in [-0.25, -0.2) is 4.79 Å². The highest BCUT2D eigenvalue weighted by Gasteiger charge is 2.62. The van der Waals surface area contributed by atoms with Gasteiger partial charge in [0.1, 0.15) is 11.7 Å². The van der Waals surface area contributed by atoms with Crippen LogP contribution in [0.4, 0.5) is 0 Å². The number of nitrogens with zero attached hydrogens (tertiary/aromatic N) is 2. The van der Waals surface area contributed by atoms with Crippen molar-refractivity contribution < 1.29 is 24.2 Å². The highest BCUT2D eigenvalue weighted by molar-refractivity contribution is 5.97. The normalized spacial score (nSPS) is 20.2. The number of nitriles is 2. The number of benzene rings is 4. The number of hydrogen-bond donors (Lipinski definition) is 1. The Balaban J connectivity index is 1.97. The van der Waals surface area contributed by atoms with Gasteiger partial charge in [0.15, 0.2) is 5.41 Å². The molecule has 0 heterocycles. The maximum absolute atomic E-state index is 13.3. The molecule has 4 aromatic rings. The van der Waals surface area contributed by atoms with Crippen molar-refractivity contribution in [2.75, 3.05) is 14.2 Å². The van der Waals surface area contributed by atoms with Crippen molar-refractivity contribution in [1.29, 1.82) is 10.5 Å². The van der Waals surface area contributed by atoms with E-state index in [4.69, 9.17) is 9.47 Å². The van der Waals surface area contributed by atoms with E-state index in [0.717, 1.165) is 25.0 Å². The third-order valence-electron chi connectivity index (χ3n) is 7.66. The maximum Gasteiger partial charge on any atom is 0.337 e. The van der Waals surface area contributed by atoms with Crippen LogP contribution in [0.5, 0.6) is 0 Å². The molecule has 192 valence electrons. The van der Waals surface area contributed by atoms with Crippen LogP contribution in [0.15, 0.2) is 96.3 Å². The van der Waals surface area contributed by atoms with Crippen LogP contribution in [0.1, 0.15) is 23.0 Å². The van der Waals surface area contributed by atoms with E-state index in [0.29, 0.717) is 21.9 Å². The van der Waals surface area contributed by atoms with Gasteiger partial charge in [-0.15, -0.1) is 0 Å². The van der Waals surface area contributed by atoms with Gasteiger partial charge in [-0.1, -0.05) is 84.9 Å². The summed E-state index contributed by atoms with van der Waals surface area (Å²) in [5.41, 5.74) is -1.35. The number of aliphatic hydroxyl groups excluding tert-OH is 1. The first kappa shape index (κ1) is 25.5. The number of rotatable bonds is 4. The maximum atomic E-state index is 13.3. The first-order valence-electron chi connectivity index (χ1n) is 12.3. The molecule has 0 radical (unpaired) electrons. The predicted molar refractivity (Wildman–Crippen MR) is 144 cm³/mol. The average Bonchev–Trinajstić information content (AvgIpc) is 2.99. The monoisotopic (exact) mass is 516 g/mol. The van der Waals surface area contributed by atoms with Crippen molar-refractivity contribution >= 4 is 33.5 Å². The molecule has 4 aromatic carbocycles. The van der Waals surface area contributed by atoms with Crippen LogP contribution >= 0.6 is 0 Å². The molecular formula is C32H24N2O5. The number of aliphatic hydroxyl groups is 1. The second-order valence-electron chi connectivity index (χ2n) is 9.43. The smallest absolute Gasteiger partial charge is 0.337 e. The summed E-state index contributed by atoms with van der Waals surface area (Å²) in [5.74, 6) is -6.35. The summed E-state index contributed by atoms with van der Waals surface area (Å²) in [6, 6.07) is 30.0. The molecule has 0 bridgehead atoms. The van der Waals surface area contributed by atoms with Crippen LogP contribution in [-0.4, -0.2) is 31.3 Å².